The van der Waals surface area contributed by atoms with Gasteiger partial charge in [-0.1, -0.05) is 58.5 Å². The predicted octanol–water partition coefficient (Wildman–Crippen LogP) is 3.50. The molecule has 0 saturated heterocycles. The summed E-state index contributed by atoms with van der Waals surface area (Å²) in [5.41, 5.74) is 1.79. The van der Waals surface area contributed by atoms with E-state index in [9.17, 15) is 4.79 Å². The maximum atomic E-state index is 11.9. The topological polar surface area (TPSA) is 41.1 Å². The summed E-state index contributed by atoms with van der Waals surface area (Å²) in [4.78, 5) is 12.1. The molecule has 2 rings (SSSR count). The molecular weight excluding hydrogens is 336 g/mol. The van der Waals surface area contributed by atoms with E-state index in [2.05, 4.69) is 26.6 Å². The molecule has 2 aromatic rings. The van der Waals surface area contributed by atoms with E-state index in [4.69, 9.17) is 12.2 Å². The maximum absolute atomic E-state index is 11.9. The third-order valence-electron chi connectivity index (χ3n) is 2.60. The quantitative estimate of drug-likeness (QED) is 0.834. The lowest BCUT2D eigenvalue weighted by Gasteiger charge is -2.09. The van der Waals surface area contributed by atoms with E-state index in [0.29, 0.717) is 12.2 Å². The van der Waals surface area contributed by atoms with E-state index in [1.54, 1.807) is 0 Å². The van der Waals surface area contributed by atoms with Crippen molar-refractivity contribution in [1.29, 1.82) is 0 Å². The largest absolute Gasteiger partial charge is 0.368 e. The minimum absolute atomic E-state index is 0.178. The molecular formula is C15H13BrN2OS. The Morgan fingerprint density at radius 2 is 1.70 bits per heavy atom. The van der Waals surface area contributed by atoms with Gasteiger partial charge in [-0.25, -0.2) is 0 Å². The van der Waals surface area contributed by atoms with Gasteiger partial charge in [0.05, 0.1) is 0 Å². The van der Waals surface area contributed by atoms with Crippen molar-refractivity contribution < 1.29 is 4.79 Å². The predicted molar refractivity (Wildman–Crippen MR) is 88.7 cm³/mol. The van der Waals surface area contributed by atoms with E-state index in [1.807, 2.05) is 54.6 Å². The average Bonchev–Trinajstić information content (AvgIpc) is 2.48. The summed E-state index contributed by atoms with van der Waals surface area (Å²) in [5, 5.41) is 5.68. The molecule has 2 N–H and O–H groups in total. The van der Waals surface area contributed by atoms with Crippen molar-refractivity contribution in [3.63, 3.8) is 0 Å². The molecule has 0 saturated carbocycles. The Bertz CT molecular complexity index is 599. The number of carbonyl (C=O) groups is 1. The van der Waals surface area contributed by atoms with Crippen LogP contribution < -0.4 is 10.6 Å². The van der Waals surface area contributed by atoms with Gasteiger partial charge in [-0.15, -0.1) is 0 Å². The monoisotopic (exact) mass is 348 g/mol. The summed E-state index contributed by atoms with van der Waals surface area (Å²) in [5.74, 6) is -0.307. The van der Waals surface area contributed by atoms with Crippen LogP contribution in [0.4, 0.5) is 5.69 Å². The number of halogens is 1. The first-order valence-corrected chi connectivity index (χ1v) is 7.24. The zero-order chi connectivity index (χ0) is 14.4. The van der Waals surface area contributed by atoms with Crippen LogP contribution in [-0.2, 0) is 11.3 Å². The number of hydrogen-bond acceptors (Lipinski definition) is 2. The molecule has 0 bridgehead atoms. The van der Waals surface area contributed by atoms with Crippen molar-refractivity contribution in [3.05, 3.63) is 64.6 Å². The summed E-state index contributed by atoms with van der Waals surface area (Å²) in [6, 6.07) is 17.1. The normalized spacial score (nSPS) is 9.85. The Balaban J connectivity index is 1.86. The lowest BCUT2D eigenvalue weighted by molar-refractivity contribution is -0.110. The molecule has 0 aliphatic carbocycles. The molecule has 0 aliphatic heterocycles. The van der Waals surface area contributed by atoms with Gasteiger partial charge in [-0.2, -0.15) is 0 Å². The molecule has 0 aliphatic rings. The molecule has 0 atom stereocenters. The van der Waals surface area contributed by atoms with Crippen molar-refractivity contribution in [3.8, 4) is 0 Å². The Kier molecular flexibility index (Phi) is 5.26. The zero-order valence-corrected chi connectivity index (χ0v) is 13.0. The molecule has 0 aromatic heterocycles. The van der Waals surface area contributed by atoms with Gasteiger partial charge in [-0.05, 0) is 29.8 Å². The lowest BCUT2D eigenvalue weighted by Crippen LogP contribution is -2.33. The number of rotatable bonds is 3. The molecule has 1 amide bonds. The van der Waals surface area contributed by atoms with Gasteiger partial charge in [0.25, 0.3) is 5.91 Å². The van der Waals surface area contributed by atoms with Crippen LogP contribution >= 0.6 is 28.1 Å². The fourth-order valence-electron chi connectivity index (χ4n) is 1.58. The van der Waals surface area contributed by atoms with E-state index in [-0.39, 0.29) is 10.9 Å². The van der Waals surface area contributed by atoms with Gasteiger partial charge in [0.2, 0.25) is 0 Å². The first-order chi connectivity index (χ1) is 9.65. The first-order valence-electron chi connectivity index (χ1n) is 6.04. The standard InChI is InChI=1S/C15H13BrN2OS/c16-12-6-8-13(9-7-12)18-14(19)15(20)17-10-11-4-2-1-3-5-11/h1-9H,10H2,(H,17,20)(H,18,19). The third-order valence-corrected chi connectivity index (χ3v) is 3.46. The van der Waals surface area contributed by atoms with Crippen molar-refractivity contribution in [2.45, 2.75) is 6.54 Å². The number of thiocarbonyl (C=S) groups is 1. The number of nitrogens with one attached hydrogen (secondary N) is 2. The SMILES string of the molecule is O=C(Nc1ccc(Br)cc1)C(=S)NCc1ccccc1. The molecule has 0 spiro atoms. The highest BCUT2D eigenvalue weighted by Crippen LogP contribution is 2.13. The van der Waals surface area contributed by atoms with E-state index >= 15 is 0 Å². The van der Waals surface area contributed by atoms with Crippen molar-refractivity contribution in [2.24, 2.45) is 0 Å². The zero-order valence-electron chi connectivity index (χ0n) is 10.6. The number of benzene rings is 2. The second-order valence-electron chi connectivity index (χ2n) is 4.13. The fraction of sp³-hybridized carbons (Fsp3) is 0.0667. The van der Waals surface area contributed by atoms with Gasteiger partial charge in [-0.3, -0.25) is 4.79 Å². The fourth-order valence-corrected chi connectivity index (χ4v) is 1.97. The minimum Gasteiger partial charge on any atom is -0.368 e. The Morgan fingerprint density at radius 1 is 1.05 bits per heavy atom. The number of hydrogen-bond donors (Lipinski definition) is 2. The Labute approximate surface area is 131 Å². The summed E-state index contributed by atoms with van der Waals surface area (Å²) in [7, 11) is 0. The average molecular weight is 349 g/mol. The first kappa shape index (κ1) is 14.7. The molecule has 3 nitrogen and oxygen atoms in total. The Morgan fingerprint density at radius 3 is 2.35 bits per heavy atom. The molecule has 5 heteroatoms. The van der Waals surface area contributed by atoms with Gasteiger partial charge in [0.1, 0.15) is 0 Å². The molecule has 0 heterocycles. The summed E-state index contributed by atoms with van der Waals surface area (Å²) >= 11 is 8.41. The van der Waals surface area contributed by atoms with Crippen LogP contribution in [0.5, 0.6) is 0 Å². The highest BCUT2D eigenvalue weighted by molar-refractivity contribution is 9.10. The van der Waals surface area contributed by atoms with Crippen molar-refractivity contribution >= 4 is 44.7 Å². The number of carbonyl (C=O) groups excluding carboxylic acids is 1. The van der Waals surface area contributed by atoms with Crippen LogP contribution in [0.3, 0.4) is 0 Å². The second kappa shape index (κ2) is 7.17. The van der Waals surface area contributed by atoms with E-state index < -0.39 is 0 Å². The third kappa shape index (κ3) is 4.43. The molecule has 2 aromatic carbocycles. The summed E-state index contributed by atoms with van der Waals surface area (Å²) < 4.78 is 0.959. The van der Waals surface area contributed by atoms with Crippen LogP contribution in [0.1, 0.15) is 5.56 Å². The summed E-state index contributed by atoms with van der Waals surface area (Å²) in [6.45, 7) is 0.535. The number of anilines is 1. The van der Waals surface area contributed by atoms with Gasteiger partial charge >= 0.3 is 0 Å². The second-order valence-corrected chi connectivity index (χ2v) is 5.45. The number of amides is 1. The Hall–Kier alpha value is -1.72. The lowest BCUT2D eigenvalue weighted by atomic mass is 10.2. The van der Waals surface area contributed by atoms with Crippen LogP contribution in [-0.4, -0.2) is 10.9 Å². The van der Waals surface area contributed by atoms with E-state index in [1.165, 1.54) is 0 Å². The molecule has 0 radical (unpaired) electrons. The van der Waals surface area contributed by atoms with Crippen LogP contribution in [0.25, 0.3) is 0 Å². The molecule has 0 fully saturated rings. The van der Waals surface area contributed by atoms with Crippen LogP contribution in [0, 0.1) is 0 Å². The van der Waals surface area contributed by atoms with Crippen LogP contribution in [0.2, 0.25) is 0 Å². The van der Waals surface area contributed by atoms with Crippen molar-refractivity contribution in [2.75, 3.05) is 5.32 Å². The van der Waals surface area contributed by atoms with Crippen LogP contribution in [0.15, 0.2) is 59.1 Å². The maximum Gasteiger partial charge on any atom is 0.283 e. The molecule has 0 unspecified atom stereocenters. The molecule has 20 heavy (non-hydrogen) atoms. The smallest absolute Gasteiger partial charge is 0.283 e. The highest BCUT2D eigenvalue weighted by atomic mass is 79.9. The van der Waals surface area contributed by atoms with E-state index in [0.717, 1.165) is 10.0 Å². The van der Waals surface area contributed by atoms with Crippen molar-refractivity contribution in [1.82, 2.24) is 5.32 Å². The highest BCUT2D eigenvalue weighted by Gasteiger charge is 2.08. The van der Waals surface area contributed by atoms with Gasteiger partial charge in [0, 0.05) is 16.7 Å². The van der Waals surface area contributed by atoms with Gasteiger partial charge < -0.3 is 10.6 Å². The van der Waals surface area contributed by atoms with Gasteiger partial charge in [0.15, 0.2) is 4.99 Å². The summed E-state index contributed by atoms with van der Waals surface area (Å²) in [6.07, 6.45) is 0. The minimum atomic E-state index is -0.307. The molecule has 102 valence electrons.